The average molecular weight is 290 g/mol. The largest absolute Gasteiger partial charge is 0.490 e. The van der Waals surface area contributed by atoms with Gasteiger partial charge in [0.1, 0.15) is 6.33 Å². The van der Waals surface area contributed by atoms with E-state index in [1.54, 1.807) is 7.11 Å². The fraction of sp³-hybridized carbons (Fsp3) is 0.333. The predicted octanol–water partition coefficient (Wildman–Crippen LogP) is 3.61. The van der Waals surface area contributed by atoms with Crippen molar-refractivity contribution in [3.63, 3.8) is 0 Å². The molecule has 0 amide bonds. The SMILES string of the molecule is COc1c(Cl)ncnc1N1CCCCc2ccccc21. The van der Waals surface area contributed by atoms with E-state index in [1.807, 2.05) is 6.07 Å². The number of methoxy groups -OCH3 is 1. The smallest absolute Gasteiger partial charge is 0.199 e. The molecule has 5 heteroatoms. The van der Waals surface area contributed by atoms with Crippen LogP contribution in [-0.4, -0.2) is 23.6 Å². The normalized spacial score (nSPS) is 14.6. The first-order chi connectivity index (χ1) is 9.81. The second-order valence-electron chi connectivity index (χ2n) is 4.76. The molecule has 0 aliphatic carbocycles. The quantitative estimate of drug-likeness (QED) is 0.792. The molecular weight excluding hydrogens is 274 g/mol. The number of nitrogens with zero attached hydrogens (tertiary/aromatic N) is 3. The van der Waals surface area contributed by atoms with Crippen LogP contribution in [0.15, 0.2) is 30.6 Å². The number of aromatic nitrogens is 2. The maximum Gasteiger partial charge on any atom is 0.199 e. The second-order valence-corrected chi connectivity index (χ2v) is 5.12. The minimum atomic E-state index is 0.347. The van der Waals surface area contributed by atoms with Gasteiger partial charge in [0.05, 0.1) is 7.11 Å². The zero-order chi connectivity index (χ0) is 13.9. The topological polar surface area (TPSA) is 38.3 Å². The number of hydrogen-bond acceptors (Lipinski definition) is 4. The van der Waals surface area contributed by atoms with Crippen molar-refractivity contribution in [2.45, 2.75) is 19.3 Å². The summed E-state index contributed by atoms with van der Waals surface area (Å²) in [6, 6.07) is 8.41. The van der Waals surface area contributed by atoms with Gasteiger partial charge in [-0.15, -0.1) is 0 Å². The van der Waals surface area contributed by atoms with E-state index in [0.717, 1.165) is 25.2 Å². The Balaban J connectivity index is 2.12. The number of halogens is 1. The minimum Gasteiger partial charge on any atom is -0.490 e. The molecule has 0 fully saturated rings. The van der Waals surface area contributed by atoms with Gasteiger partial charge in [-0.3, -0.25) is 0 Å². The summed E-state index contributed by atoms with van der Waals surface area (Å²) in [5.41, 5.74) is 2.51. The Morgan fingerprint density at radius 1 is 1.20 bits per heavy atom. The zero-order valence-corrected chi connectivity index (χ0v) is 12.1. The van der Waals surface area contributed by atoms with Crippen LogP contribution in [0.1, 0.15) is 18.4 Å². The lowest BCUT2D eigenvalue weighted by Crippen LogP contribution is -2.20. The third-order valence-electron chi connectivity index (χ3n) is 3.56. The third kappa shape index (κ3) is 2.31. The predicted molar refractivity (Wildman–Crippen MR) is 80.0 cm³/mol. The molecule has 104 valence electrons. The van der Waals surface area contributed by atoms with Gasteiger partial charge >= 0.3 is 0 Å². The highest BCUT2D eigenvalue weighted by atomic mass is 35.5. The summed E-state index contributed by atoms with van der Waals surface area (Å²) in [7, 11) is 1.60. The molecule has 1 aromatic carbocycles. The van der Waals surface area contributed by atoms with E-state index in [4.69, 9.17) is 16.3 Å². The maximum absolute atomic E-state index is 6.11. The van der Waals surface area contributed by atoms with Crippen molar-refractivity contribution in [3.05, 3.63) is 41.3 Å². The number of benzene rings is 1. The van der Waals surface area contributed by atoms with Crippen molar-refractivity contribution in [1.29, 1.82) is 0 Å². The van der Waals surface area contributed by atoms with Crippen molar-refractivity contribution in [2.75, 3.05) is 18.6 Å². The molecule has 0 N–H and O–H groups in total. The molecule has 2 heterocycles. The molecule has 0 atom stereocenters. The number of rotatable bonds is 2. The van der Waals surface area contributed by atoms with Gasteiger partial charge in [-0.05, 0) is 30.9 Å². The van der Waals surface area contributed by atoms with E-state index in [-0.39, 0.29) is 0 Å². The second kappa shape index (κ2) is 5.67. The van der Waals surface area contributed by atoms with E-state index in [0.29, 0.717) is 10.9 Å². The fourth-order valence-corrected chi connectivity index (χ4v) is 2.83. The number of fused-ring (bicyclic) bond motifs is 1. The van der Waals surface area contributed by atoms with E-state index >= 15 is 0 Å². The molecular formula is C15H16ClN3O. The summed E-state index contributed by atoms with van der Waals surface area (Å²) in [4.78, 5) is 10.5. The highest BCUT2D eigenvalue weighted by Crippen LogP contribution is 2.38. The van der Waals surface area contributed by atoms with Crippen molar-refractivity contribution in [3.8, 4) is 5.75 Å². The van der Waals surface area contributed by atoms with E-state index in [9.17, 15) is 0 Å². The standard InChI is InChI=1S/C15H16ClN3O/c1-20-13-14(16)17-10-18-15(13)19-9-5-4-7-11-6-2-3-8-12(11)19/h2-3,6,8,10H,4-5,7,9H2,1H3. The van der Waals surface area contributed by atoms with Gasteiger partial charge in [0.15, 0.2) is 16.7 Å². The molecule has 2 aromatic rings. The summed E-state index contributed by atoms with van der Waals surface area (Å²) in [5.74, 6) is 1.27. The van der Waals surface area contributed by atoms with Crippen LogP contribution in [0.3, 0.4) is 0 Å². The number of anilines is 2. The van der Waals surface area contributed by atoms with Crippen LogP contribution in [0.5, 0.6) is 5.75 Å². The molecule has 1 aliphatic rings. The first-order valence-electron chi connectivity index (χ1n) is 6.71. The van der Waals surface area contributed by atoms with E-state index in [2.05, 4.69) is 33.1 Å². The average Bonchev–Trinajstić information content (AvgIpc) is 2.69. The highest BCUT2D eigenvalue weighted by molar-refractivity contribution is 6.31. The van der Waals surface area contributed by atoms with Crippen LogP contribution in [0.25, 0.3) is 0 Å². The Labute approximate surface area is 123 Å². The zero-order valence-electron chi connectivity index (χ0n) is 11.3. The van der Waals surface area contributed by atoms with Gasteiger partial charge in [-0.25, -0.2) is 9.97 Å². The summed E-state index contributed by atoms with van der Waals surface area (Å²) in [5, 5.41) is 0.347. The van der Waals surface area contributed by atoms with Gasteiger partial charge in [-0.1, -0.05) is 29.8 Å². The molecule has 1 aromatic heterocycles. The van der Waals surface area contributed by atoms with Crippen LogP contribution < -0.4 is 9.64 Å². The molecule has 1 aliphatic heterocycles. The lowest BCUT2D eigenvalue weighted by atomic mass is 10.1. The molecule has 0 saturated carbocycles. The Bertz CT molecular complexity index is 618. The first-order valence-corrected chi connectivity index (χ1v) is 7.09. The molecule has 3 rings (SSSR count). The number of para-hydroxylation sites is 1. The van der Waals surface area contributed by atoms with Crippen LogP contribution >= 0.6 is 11.6 Å². The van der Waals surface area contributed by atoms with E-state index in [1.165, 1.54) is 24.0 Å². The molecule has 0 bridgehead atoms. The molecule has 0 unspecified atom stereocenters. The fourth-order valence-electron chi connectivity index (χ4n) is 2.62. The van der Waals surface area contributed by atoms with Crippen LogP contribution in [0.2, 0.25) is 5.15 Å². The third-order valence-corrected chi connectivity index (χ3v) is 3.83. The van der Waals surface area contributed by atoms with Crippen LogP contribution in [-0.2, 0) is 6.42 Å². The Kier molecular flexibility index (Phi) is 3.74. The lowest BCUT2D eigenvalue weighted by Gasteiger charge is -2.25. The van der Waals surface area contributed by atoms with Crippen molar-refractivity contribution in [1.82, 2.24) is 9.97 Å². The van der Waals surface area contributed by atoms with Crippen LogP contribution in [0, 0.1) is 0 Å². The summed E-state index contributed by atoms with van der Waals surface area (Å²) >= 11 is 6.11. The van der Waals surface area contributed by atoms with Gasteiger partial charge in [-0.2, -0.15) is 0 Å². The van der Waals surface area contributed by atoms with Gasteiger partial charge in [0.2, 0.25) is 0 Å². The Hall–Kier alpha value is -1.81. The van der Waals surface area contributed by atoms with Gasteiger partial charge in [0.25, 0.3) is 0 Å². The summed E-state index contributed by atoms with van der Waals surface area (Å²) < 4.78 is 5.39. The Morgan fingerprint density at radius 3 is 2.90 bits per heavy atom. The van der Waals surface area contributed by atoms with Crippen molar-refractivity contribution in [2.24, 2.45) is 0 Å². The first kappa shape index (κ1) is 13.2. The van der Waals surface area contributed by atoms with Crippen molar-refractivity contribution < 1.29 is 4.74 Å². The maximum atomic E-state index is 6.11. The molecule has 20 heavy (non-hydrogen) atoms. The molecule has 0 radical (unpaired) electrons. The number of hydrogen-bond donors (Lipinski definition) is 0. The van der Waals surface area contributed by atoms with E-state index < -0.39 is 0 Å². The lowest BCUT2D eigenvalue weighted by molar-refractivity contribution is 0.411. The highest BCUT2D eigenvalue weighted by Gasteiger charge is 2.22. The monoisotopic (exact) mass is 289 g/mol. The number of ether oxygens (including phenoxy) is 1. The summed E-state index contributed by atoms with van der Waals surface area (Å²) in [6.45, 7) is 0.903. The van der Waals surface area contributed by atoms with Gasteiger partial charge < -0.3 is 9.64 Å². The summed E-state index contributed by atoms with van der Waals surface area (Å²) in [6.07, 6.45) is 4.86. The Morgan fingerprint density at radius 2 is 2.05 bits per heavy atom. The van der Waals surface area contributed by atoms with Gasteiger partial charge in [0, 0.05) is 12.2 Å². The molecule has 4 nitrogen and oxygen atoms in total. The van der Waals surface area contributed by atoms with Crippen molar-refractivity contribution >= 4 is 23.1 Å². The minimum absolute atomic E-state index is 0.347. The number of aryl methyl sites for hydroxylation is 1. The molecule has 0 spiro atoms. The molecule has 0 saturated heterocycles. The van der Waals surface area contributed by atoms with Crippen LogP contribution in [0.4, 0.5) is 11.5 Å².